The molecule has 1 atom stereocenters. The highest BCUT2D eigenvalue weighted by Gasteiger charge is 2.40. The zero-order chi connectivity index (χ0) is 23.3. The summed E-state index contributed by atoms with van der Waals surface area (Å²) in [6, 6.07) is 6.24. The van der Waals surface area contributed by atoms with Crippen LogP contribution in [0.5, 0.6) is 0 Å². The fourth-order valence-electron chi connectivity index (χ4n) is 4.79. The Kier molecular flexibility index (Phi) is 5.26. The summed E-state index contributed by atoms with van der Waals surface area (Å²) in [7, 11) is 0. The molecule has 5 rings (SSSR count). The Morgan fingerprint density at radius 2 is 1.97 bits per heavy atom. The molecule has 0 saturated heterocycles. The summed E-state index contributed by atoms with van der Waals surface area (Å²) < 4.78 is 8.69. The zero-order valence-electron chi connectivity index (χ0n) is 19.7. The van der Waals surface area contributed by atoms with E-state index in [1.165, 1.54) is 4.68 Å². The average molecular weight is 450 g/mol. The van der Waals surface area contributed by atoms with Crippen molar-refractivity contribution in [3.05, 3.63) is 47.4 Å². The van der Waals surface area contributed by atoms with Crippen LogP contribution in [0.2, 0.25) is 0 Å². The van der Waals surface area contributed by atoms with Crippen LogP contribution in [-0.2, 0) is 24.1 Å². The number of aryl methyl sites for hydroxylation is 2. The number of nitrogens with zero attached hydrogens (tertiary/aromatic N) is 5. The number of benzene rings is 1. The Bertz CT molecular complexity index is 1210. The molecule has 174 valence electrons. The van der Waals surface area contributed by atoms with Crippen molar-refractivity contribution in [3.8, 4) is 0 Å². The van der Waals surface area contributed by atoms with Crippen LogP contribution in [0.25, 0.3) is 10.9 Å². The van der Waals surface area contributed by atoms with Gasteiger partial charge in [0.05, 0.1) is 23.0 Å². The fourth-order valence-corrected chi connectivity index (χ4v) is 4.79. The molecule has 1 aromatic carbocycles. The van der Waals surface area contributed by atoms with Crippen LogP contribution in [0, 0.1) is 0 Å². The molecule has 2 heterocycles. The fraction of sp³-hybridized carbons (Fsp3) is 0.520. The molecular weight excluding hydrogens is 418 g/mol. The SMILES string of the molecule is CCn1ncc2c(C(=O)N(C3CC3)C3CCc4nn(C(=O)OC(C)(C)C)cc4C3)cccc21. The van der Waals surface area contributed by atoms with Gasteiger partial charge in [0.25, 0.3) is 5.91 Å². The Hall–Kier alpha value is -3.16. The Balaban J connectivity index is 1.40. The van der Waals surface area contributed by atoms with Gasteiger partial charge in [0.15, 0.2) is 0 Å². The molecular formula is C25H31N5O3. The maximum atomic E-state index is 13.8. The lowest BCUT2D eigenvalue weighted by molar-refractivity contribution is 0.0513. The van der Waals surface area contributed by atoms with E-state index >= 15 is 0 Å². The van der Waals surface area contributed by atoms with Gasteiger partial charge in [0.1, 0.15) is 5.60 Å². The van der Waals surface area contributed by atoms with Crippen LogP contribution in [-0.4, -0.2) is 54.1 Å². The molecule has 2 aliphatic carbocycles. The Morgan fingerprint density at radius 3 is 2.67 bits per heavy atom. The predicted molar refractivity (Wildman–Crippen MR) is 124 cm³/mol. The highest BCUT2D eigenvalue weighted by atomic mass is 16.6. The molecule has 1 amide bonds. The second-order valence-electron chi connectivity index (χ2n) is 10.1. The molecule has 0 radical (unpaired) electrons. The zero-order valence-corrected chi connectivity index (χ0v) is 19.7. The number of rotatable bonds is 4. The maximum absolute atomic E-state index is 13.8. The molecule has 1 fully saturated rings. The highest BCUT2D eigenvalue weighted by Crippen LogP contribution is 2.35. The first-order chi connectivity index (χ1) is 15.7. The van der Waals surface area contributed by atoms with Crippen LogP contribution in [0.3, 0.4) is 0 Å². The molecule has 2 aliphatic rings. The molecule has 0 aliphatic heterocycles. The minimum absolute atomic E-state index is 0.0757. The van der Waals surface area contributed by atoms with Crippen molar-refractivity contribution in [3.63, 3.8) is 0 Å². The van der Waals surface area contributed by atoms with E-state index in [0.717, 1.165) is 54.4 Å². The molecule has 2 aromatic heterocycles. The lowest BCUT2D eigenvalue weighted by Gasteiger charge is -2.34. The first kappa shape index (κ1) is 21.7. The second kappa shape index (κ2) is 8.01. The number of ether oxygens (including phenoxy) is 1. The number of aromatic nitrogens is 4. The Morgan fingerprint density at radius 1 is 1.18 bits per heavy atom. The van der Waals surface area contributed by atoms with E-state index in [9.17, 15) is 9.59 Å². The minimum Gasteiger partial charge on any atom is -0.442 e. The third kappa shape index (κ3) is 4.14. The van der Waals surface area contributed by atoms with E-state index in [4.69, 9.17) is 4.74 Å². The van der Waals surface area contributed by atoms with Gasteiger partial charge in [0.2, 0.25) is 0 Å². The molecule has 0 bridgehead atoms. The van der Waals surface area contributed by atoms with Gasteiger partial charge in [-0.3, -0.25) is 9.48 Å². The van der Waals surface area contributed by atoms with Crippen LogP contribution in [0.15, 0.2) is 30.6 Å². The molecule has 3 aromatic rings. The van der Waals surface area contributed by atoms with Crippen LogP contribution in [0.1, 0.15) is 68.6 Å². The van der Waals surface area contributed by atoms with Gasteiger partial charge in [-0.1, -0.05) is 6.07 Å². The average Bonchev–Trinajstić information content (AvgIpc) is 3.35. The lowest BCUT2D eigenvalue weighted by atomic mass is 9.91. The predicted octanol–water partition coefficient (Wildman–Crippen LogP) is 4.20. The van der Waals surface area contributed by atoms with E-state index < -0.39 is 11.7 Å². The number of hydrogen-bond acceptors (Lipinski definition) is 5. The van der Waals surface area contributed by atoms with Crippen molar-refractivity contribution >= 4 is 22.9 Å². The molecule has 1 saturated carbocycles. The molecule has 33 heavy (non-hydrogen) atoms. The van der Waals surface area contributed by atoms with E-state index in [2.05, 4.69) is 22.0 Å². The first-order valence-corrected chi connectivity index (χ1v) is 11.8. The quantitative estimate of drug-likeness (QED) is 0.596. The minimum atomic E-state index is -0.576. The summed E-state index contributed by atoms with van der Waals surface area (Å²) in [6.45, 7) is 8.34. The number of carbonyl (C=O) groups is 2. The number of carbonyl (C=O) groups excluding carboxylic acids is 2. The summed E-state index contributed by atoms with van der Waals surface area (Å²) in [4.78, 5) is 28.4. The van der Waals surface area contributed by atoms with Gasteiger partial charge in [-0.15, -0.1) is 0 Å². The molecule has 0 N–H and O–H groups in total. The summed E-state index contributed by atoms with van der Waals surface area (Å²) in [5.41, 5.74) is 3.07. The van der Waals surface area contributed by atoms with E-state index in [1.54, 1.807) is 12.4 Å². The maximum Gasteiger partial charge on any atom is 0.435 e. The van der Waals surface area contributed by atoms with E-state index in [0.29, 0.717) is 12.0 Å². The normalized spacial score (nSPS) is 18.2. The summed E-state index contributed by atoms with van der Waals surface area (Å²) >= 11 is 0. The van der Waals surface area contributed by atoms with Gasteiger partial charge in [0, 0.05) is 30.2 Å². The van der Waals surface area contributed by atoms with Crippen molar-refractivity contribution < 1.29 is 14.3 Å². The third-order valence-corrected chi connectivity index (χ3v) is 6.41. The van der Waals surface area contributed by atoms with Crippen LogP contribution < -0.4 is 0 Å². The van der Waals surface area contributed by atoms with E-state index in [-0.39, 0.29) is 18.0 Å². The van der Waals surface area contributed by atoms with Gasteiger partial charge in [-0.25, -0.2) is 4.79 Å². The molecule has 0 spiro atoms. The molecule has 8 heteroatoms. The smallest absolute Gasteiger partial charge is 0.435 e. The highest BCUT2D eigenvalue weighted by molar-refractivity contribution is 6.06. The standard InChI is InChI=1S/C25H31N5O3/c1-5-28-22-8-6-7-19(20(22)14-26-28)23(31)30(17-9-10-17)18-11-12-21-16(13-18)15-29(27-21)24(32)33-25(2,3)4/h6-8,14-15,17-18H,5,9-13H2,1-4H3. The summed E-state index contributed by atoms with van der Waals surface area (Å²) in [5, 5.41) is 9.83. The van der Waals surface area contributed by atoms with Gasteiger partial charge in [-0.2, -0.15) is 14.9 Å². The van der Waals surface area contributed by atoms with Crippen molar-refractivity contribution in [2.75, 3.05) is 0 Å². The van der Waals surface area contributed by atoms with Crippen molar-refractivity contribution in [1.29, 1.82) is 0 Å². The van der Waals surface area contributed by atoms with Crippen molar-refractivity contribution in [1.82, 2.24) is 24.5 Å². The monoisotopic (exact) mass is 449 g/mol. The molecule has 8 nitrogen and oxygen atoms in total. The Labute approximate surface area is 193 Å². The van der Waals surface area contributed by atoms with Gasteiger partial charge in [-0.05, 0) is 77.5 Å². The van der Waals surface area contributed by atoms with E-state index in [1.807, 2.05) is 43.7 Å². The van der Waals surface area contributed by atoms with Crippen molar-refractivity contribution in [2.45, 2.75) is 84.0 Å². The number of hydrogen-bond donors (Lipinski definition) is 0. The second-order valence-corrected chi connectivity index (χ2v) is 10.1. The first-order valence-electron chi connectivity index (χ1n) is 11.8. The molecule has 1 unspecified atom stereocenters. The van der Waals surface area contributed by atoms with Gasteiger partial charge >= 0.3 is 6.09 Å². The van der Waals surface area contributed by atoms with Crippen LogP contribution in [0.4, 0.5) is 4.79 Å². The van der Waals surface area contributed by atoms with Crippen LogP contribution >= 0.6 is 0 Å². The topological polar surface area (TPSA) is 82.3 Å². The largest absolute Gasteiger partial charge is 0.442 e. The number of amides is 1. The summed E-state index contributed by atoms with van der Waals surface area (Å²) in [5.74, 6) is 0.0757. The number of fused-ring (bicyclic) bond motifs is 2. The lowest BCUT2D eigenvalue weighted by Crippen LogP contribution is -2.44. The summed E-state index contributed by atoms with van der Waals surface area (Å²) in [6.07, 6.45) is 7.47. The van der Waals surface area contributed by atoms with Crippen molar-refractivity contribution in [2.24, 2.45) is 0 Å². The third-order valence-electron chi connectivity index (χ3n) is 6.41. The van der Waals surface area contributed by atoms with Gasteiger partial charge < -0.3 is 9.64 Å².